The van der Waals surface area contributed by atoms with Gasteiger partial charge in [-0.15, -0.1) is 0 Å². The molecule has 2 fully saturated rings. The van der Waals surface area contributed by atoms with Gasteiger partial charge in [0.1, 0.15) is 0 Å². The number of hydrogen-bond acceptors (Lipinski definition) is 5. The van der Waals surface area contributed by atoms with Crippen molar-refractivity contribution in [1.82, 2.24) is 24.4 Å². The molecule has 4 rings (SSSR count). The van der Waals surface area contributed by atoms with Gasteiger partial charge in [-0.25, -0.2) is 14.8 Å². The summed E-state index contributed by atoms with van der Waals surface area (Å²) in [5.74, 6) is 0. The Kier molecular flexibility index (Phi) is 5.07. The second-order valence-electron chi connectivity index (χ2n) is 8.35. The Hall–Kier alpha value is -1.73. The lowest BCUT2D eigenvalue weighted by molar-refractivity contribution is -0.0273. The van der Waals surface area contributed by atoms with Crippen molar-refractivity contribution in [1.29, 1.82) is 0 Å². The van der Waals surface area contributed by atoms with E-state index in [-0.39, 0.29) is 17.3 Å². The molecule has 3 heterocycles. The van der Waals surface area contributed by atoms with E-state index < -0.39 is 0 Å². The minimum absolute atomic E-state index is 0.0857. The molecule has 7 heteroatoms. The molecule has 0 atom stereocenters. The zero-order valence-corrected chi connectivity index (χ0v) is 16.7. The number of rotatable bonds is 4. The van der Waals surface area contributed by atoms with Gasteiger partial charge in [-0.3, -0.25) is 14.5 Å². The van der Waals surface area contributed by atoms with E-state index in [0.717, 1.165) is 51.1 Å². The summed E-state index contributed by atoms with van der Waals surface area (Å²) < 4.78 is 7.65. The number of hydrogen-bond donors (Lipinski definition) is 1. The van der Waals surface area contributed by atoms with Gasteiger partial charge in [0.15, 0.2) is 11.3 Å². The van der Waals surface area contributed by atoms with Crippen LogP contribution in [0.3, 0.4) is 0 Å². The number of fused-ring (bicyclic) bond motifs is 1. The number of nitrogens with one attached hydrogen (secondary N) is 1. The molecule has 148 valence electrons. The van der Waals surface area contributed by atoms with Crippen molar-refractivity contribution >= 4 is 11.3 Å². The van der Waals surface area contributed by atoms with Crippen LogP contribution in [0.25, 0.3) is 11.3 Å². The molecule has 27 heavy (non-hydrogen) atoms. The van der Waals surface area contributed by atoms with Crippen LogP contribution in [0.15, 0.2) is 11.0 Å². The first-order valence-electron chi connectivity index (χ1n) is 10.3. The van der Waals surface area contributed by atoms with Crippen LogP contribution >= 0.6 is 0 Å². The summed E-state index contributed by atoms with van der Waals surface area (Å²) in [7, 11) is 0. The summed E-state index contributed by atoms with van der Waals surface area (Å²) in [5.41, 5.74) is 2.31. The summed E-state index contributed by atoms with van der Waals surface area (Å²) in [5, 5.41) is 0. The van der Waals surface area contributed by atoms with Crippen molar-refractivity contribution in [3.63, 3.8) is 0 Å². The second-order valence-corrected chi connectivity index (χ2v) is 8.35. The maximum absolute atomic E-state index is 12.5. The van der Waals surface area contributed by atoms with E-state index in [1.165, 1.54) is 12.8 Å². The quantitative estimate of drug-likeness (QED) is 0.892. The van der Waals surface area contributed by atoms with Crippen LogP contribution in [0.4, 0.5) is 0 Å². The Balaban J connectivity index is 1.45. The monoisotopic (exact) mass is 373 g/mol. The van der Waals surface area contributed by atoms with E-state index in [4.69, 9.17) is 4.74 Å². The molecule has 1 aliphatic carbocycles. The molecule has 0 radical (unpaired) electrons. The van der Waals surface area contributed by atoms with Crippen molar-refractivity contribution < 1.29 is 4.74 Å². The number of aryl methyl sites for hydroxylation is 1. The number of imidazole rings is 1. The molecular formula is C20H31N5O2. The van der Waals surface area contributed by atoms with Crippen molar-refractivity contribution in [2.75, 3.05) is 19.7 Å². The van der Waals surface area contributed by atoms with Crippen molar-refractivity contribution in [2.24, 2.45) is 0 Å². The van der Waals surface area contributed by atoms with Crippen LogP contribution in [0, 0.1) is 6.92 Å². The standard InChI is InChI=1S/C20H31N5O2/c1-4-27-16-5-9-20(3,10-6-16)24-11-7-15(8-12-24)25-18-17(23-19(25)26)21-13-14(2)22-18/h13,15-16H,4-12H2,1-3H3,(H,21,23,26). The van der Waals surface area contributed by atoms with Crippen molar-refractivity contribution in [2.45, 2.75) is 77.0 Å². The number of aromatic nitrogens is 4. The number of nitrogens with zero attached hydrogens (tertiary/aromatic N) is 4. The minimum atomic E-state index is -0.0857. The lowest BCUT2D eigenvalue weighted by Crippen LogP contribution is -2.53. The molecule has 1 saturated heterocycles. The fourth-order valence-electron chi connectivity index (χ4n) is 4.91. The lowest BCUT2D eigenvalue weighted by atomic mass is 9.79. The van der Waals surface area contributed by atoms with E-state index in [9.17, 15) is 4.79 Å². The van der Waals surface area contributed by atoms with E-state index in [2.05, 4.69) is 33.7 Å². The topological polar surface area (TPSA) is 76.0 Å². The van der Waals surface area contributed by atoms with Gasteiger partial charge in [-0.05, 0) is 59.3 Å². The number of ether oxygens (including phenoxy) is 1. The van der Waals surface area contributed by atoms with E-state index in [1.807, 2.05) is 11.5 Å². The smallest absolute Gasteiger partial charge is 0.329 e. The van der Waals surface area contributed by atoms with E-state index in [0.29, 0.717) is 17.4 Å². The van der Waals surface area contributed by atoms with Crippen LogP contribution in [-0.4, -0.2) is 55.8 Å². The Labute approximate surface area is 160 Å². The van der Waals surface area contributed by atoms with Crippen LogP contribution in [0.5, 0.6) is 0 Å². The highest BCUT2D eigenvalue weighted by molar-refractivity contribution is 5.65. The van der Waals surface area contributed by atoms with Gasteiger partial charge in [0, 0.05) is 31.3 Å². The normalized spacial score (nSPS) is 28.0. The number of H-pyrrole nitrogens is 1. The van der Waals surface area contributed by atoms with Gasteiger partial charge in [0.2, 0.25) is 0 Å². The third-order valence-electron chi connectivity index (χ3n) is 6.55. The molecule has 2 aromatic heterocycles. The molecule has 0 amide bonds. The first kappa shape index (κ1) is 18.6. The van der Waals surface area contributed by atoms with Gasteiger partial charge >= 0.3 is 5.69 Å². The van der Waals surface area contributed by atoms with Gasteiger partial charge in [-0.2, -0.15) is 0 Å². The van der Waals surface area contributed by atoms with Crippen molar-refractivity contribution in [3.05, 3.63) is 22.4 Å². The predicted molar refractivity (Wildman–Crippen MR) is 105 cm³/mol. The zero-order chi connectivity index (χ0) is 19.0. The molecule has 1 saturated carbocycles. The molecule has 0 spiro atoms. The molecule has 0 aromatic carbocycles. The Morgan fingerprint density at radius 1 is 1.26 bits per heavy atom. The van der Waals surface area contributed by atoms with Crippen LogP contribution in [-0.2, 0) is 4.74 Å². The largest absolute Gasteiger partial charge is 0.379 e. The fourth-order valence-corrected chi connectivity index (χ4v) is 4.91. The number of aromatic amines is 1. The highest BCUT2D eigenvalue weighted by atomic mass is 16.5. The molecule has 2 aliphatic rings. The summed E-state index contributed by atoms with van der Waals surface area (Å²) in [6, 6.07) is 0.196. The maximum Gasteiger partial charge on any atom is 0.329 e. The first-order valence-corrected chi connectivity index (χ1v) is 10.3. The molecule has 2 aromatic rings. The molecule has 1 N–H and O–H groups in total. The molecule has 0 unspecified atom stereocenters. The van der Waals surface area contributed by atoms with E-state index >= 15 is 0 Å². The molecule has 1 aliphatic heterocycles. The van der Waals surface area contributed by atoms with Gasteiger partial charge in [0.25, 0.3) is 0 Å². The van der Waals surface area contributed by atoms with Gasteiger partial charge in [0.05, 0.1) is 18.0 Å². The highest BCUT2D eigenvalue weighted by Gasteiger charge is 2.38. The minimum Gasteiger partial charge on any atom is -0.379 e. The first-order chi connectivity index (χ1) is 13.0. The Bertz CT molecular complexity index is 842. The predicted octanol–water partition coefficient (Wildman–Crippen LogP) is 2.80. The third kappa shape index (κ3) is 3.55. The number of likely N-dealkylation sites (tertiary alicyclic amines) is 1. The average molecular weight is 374 g/mol. The number of piperidine rings is 1. The fraction of sp³-hybridized carbons (Fsp3) is 0.750. The summed E-state index contributed by atoms with van der Waals surface area (Å²) in [4.78, 5) is 26.9. The SMILES string of the molecule is CCOC1CCC(C)(N2CCC(n3c(=O)[nH]c4ncc(C)nc43)CC2)CC1. The Morgan fingerprint density at radius 3 is 2.63 bits per heavy atom. The zero-order valence-electron chi connectivity index (χ0n) is 16.7. The summed E-state index contributed by atoms with van der Waals surface area (Å²) in [6.07, 6.45) is 8.79. The molecule has 0 bridgehead atoms. The third-order valence-corrected chi connectivity index (χ3v) is 6.55. The maximum atomic E-state index is 12.5. The highest BCUT2D eigenvalue weighted by Crippen LogP contribution is 2.37. The summed E-state index contributed by atoms with van der Waals surface area (Å²) in [6.45, 7) is 9.27. The molecule has 7 nitrogen and oxygen atoms in total. The van der Waals surface area contributed by atoms with E-state index in [1.54, 1.807) is 6.20 Å². The van der Waals surface area contributed by atoms with Gasteiger partial charge < -0.3 is 4.74 Å². The molecular weight excluding hydrogens is 342 g/mol. The van der Waals surface area contributed by atoms with Gasteiger partial charge in [-0.1, -0.05) is 0 Å². The lowest BCUT2D eigenvalue weighted by Gasteiger charge is -2.48. The van der Waals surface area contributed by atoms with Crippen LogP contribution < -0.4 is 5.69 Å². The second kappa shape index (κ2) is 7.36. The average Bonchev–Trinajstić information content (AvgIpc) is 2.99. The summed E-state index contributed by atoms with van der Waals surface area (Å²) >= 11 is 0. The van der Waals surface area contributed by atoms with Crippen LogP contribution in [0.2, 0.25) is 0 Å². The van der Waals surface area contributed by atoms with Crippen LogP contribution in [0.1, 0.15) is 64.1 Å². The Morgan fingerprint density at radius 2 is 1.96 bits per heavy atom. The van der Waals surface area contributed by atoms with Crippen molar-refractivity contribution in [3.8, 4) is 0 Å².